The Morgan fingerprint density at radius 3 is 2.54 bits per heavy atom. The van der Waals surface area contributed by atoms with Crippen LogP contribution in [0.2, 0.25) is 0 Å². The number of aromatic amines is 1. The summed E-state index contributed by atoms with van der Waals surface area (Å²) in [6, 6.07) is 14.2. The highest BCUT2D eigenvalue weighted by Gasteiger charge is 2.34. The number of urea groups is 1. The Morgan fingerprint density at radius 2 is 1.77 bits per heavy atom. The number of fused-ring (bicyclic) bond motifs is 2. The third kappa shape index (κ3) is 6.69. The van der Waals surface area contributed by atoms with E-state index in [4.69, 9.17) is 9.25 Å². The Kier molecular flexibility index (Phi) is 8.72. The van der Waals surface area contributed by atoms with Crippen LogP contribution in [0.4, 0.5) is 21.0 Å². The maximum absolute atomic E-state index is 14.0. The maximum Gasteiger partial charge on any atom is 0.426 e. The van der Waals surface area contributed by atoms with Gasteiger partial charge >= 0.3 is 17.9 Å². The molecule has 1 unspecified atom stereocenters. The first-order valence-corrected chi connectivity index (χ1v) is 16.3. The summed E-state index contributed by atoms with van der Waals surface area (Å²) in [7, 11) is 0. The molecule has 2 aromatic heterocycles. The number of benzene rings is 2. The molecule has 0 spiro atoms. The molecule has 14 heteroatoms. The number of carbonyl (C=O) groups is 3. The van der Waals surface area contributed by atoms with Gasteiger partial charge in [0.1, 0.15) is 6.04 Å². The van der Waals surface area contributed by atoms with Gasteiger partial charge in [0.25, 0.3) is 0 Å². The van der Waals surface area contributed by atoms with Gasteiger partial charge in [0.2, 0.25) is 5.91 Å². The van der Waals surface area contributed by atoms with E-state index in [0.29, 0.717) is 69.8 Å². The smallest absolute Gasteiger partial charge is 0.408 e. The number of piperazine rings is 1. The van der Waals surface area contributed by atoms with Crippen LogP contribution < -0.4 is 21.3 Å². The van der Waals surface area contributed by atoms with E-state index in [1.807, 2.05) is 54.3 Å². The van der Waals surface area contributed by atoms with E-state index < -0.39 is 17.9 Å². The first-order chi connectivity index (χ1) is 23.3. The predicted octanol–water partition coefficient (Wildman–Crippen LogP) is 3.24. The number of nitrogens with zero attached hydrogens (tertiary/aromatic N) is 5. The normalized spacial score (nSPS) is 17.9. The van der Waals surface area contributed by atoms with Crippen molar-refractivity contribution in [2.75, 3.05) is 49.5 Å². The lowest BCUT2D eigenvalue weighted by Gasteiger charge is -2.40. The van der Waals surface area contributed by atoms with Crippen LogP contribution >= 0.6 is 0 Å². The highest BCUT2D eigenvalue weighted by molar-refractivity contribution is 5.92. The van der Waals surface area contributed by atoms with E-state index in [1.165, 1.54) is 0 Å². The van der Waals surface area contributed by atoms with Crippen LogP contribution in [0.1, 0.15) is 29.5 Å². The summed E-state index contributed by atoms with van der Waals surface area (Å²) in [4.78, 5) is 70.2. The lowest BCUT2D eigenvalue weighted by molar-refractivity contribution is -0.136. The summed E-state index contributed by atoms with van der Waals surface area (Å²) in [5, 5.41) is 7.38. The number of H-pyrrole nitrogens is 1. The highest BCUT2D eigenvalue weighted by atomic mass is 16.7. The summed E-state index contributed by atoms with van der Waals surface area (Å²) in [6.45, 7) is 5.53. The largest absolute Gasteiger partial charge is 0.426 e. The zero-order valence-electron chi connectivity index (χ0n) is 26.7. The van der Waals surface area contributed by atoms with Crippen LogP contribution in [0.25, 0.3) is 11.1 Å². The van der Waals surface area contributed by atoms with Crippen molar-refractivity contribution in [2.24, 2.45) is 0 Å². The molecule has 2 fully saturated rings. The number of nitrogens with one attached hydrogen (secondary N) is 3. The fraction of sp³-hybridized carbons (Fsp3) is 0.382. The lowest BCUT2D eigenvalue weighted by Crippen LogP contribution is -2.56. The SMILES string of the molecule is Cc1cc(CC(NC(=O)ON2CCC(N3Cc4ccccc4NC3=O)CC2)C(=O)N2CCN(c3ccncc3)CC2)cc2oc(=O)[nH]c12. The number of aryl methyl sites for hydroxylation is 1. The first kappa shape index (κ1) is 31.2. The number of carbonyl (C=O) groups excluding carboxylic acids is 3. The number of rotatable bonds is 7. The second-order valence-electron chi connectivity index (χ2n) is 12.5. The van der Waals surface area contributed by atoms with E-state index in [-0.39, 0.29) is 24.4 Å². The summed E-state index contributed by atoms with van der Waals surface area (Å²) in [5.41, 5.74) is 5.47. The van der Waals surface area contributed by atoms with Crippen molar-refractivity contribution < 1.29 is 23.6 Å². The zero-order chi connectivity index (χ0) is 33.2. The molecule has 48 heavy (non-hydrogen) atoms. The summed E-state index contributed by atoms with van der Waals surface area (Å²) in [6.07, 6.45) is 4.21. The van der Waals surface area contributed by atoms with Crippen LogP contribution in [0.3, 0.4) is 0 Å². The van der Waals surface area contributed by atoms with Gasteiger partial charge in [-0.3, -0.25) is 14.8 Å². The topological polar surface area (TPSA) is 156 Å². The van der Waals surface area contributed by atoms with Crippen LogP contribution in [-0.2, 0) is 22.6 Å². The van der Waals surface area contributed by atoms with E-state index in [9.17, 15) is 19.2 Å². The van der Waals surface area contributed by atoms with Gasteiger partial charge in [0, 0.05) is 82.0 Å². The molecule has 3 N–H and O–H groups in total. The van der Waals surface area contributed by atoms with Crippen LogP contribution in [0.15, 0.2) is 70.1 Å². The molecule has 2 saturated heterocycles. The number of anilines is 2. The van der Waals surface area contributed by atoms with Gasteiger partial charge in [-0.1, -0.05) is 24.3 Å². The van der Waals surface area contributed by atoms with E-state index in [0.717, 1.165) is 28.1 Å². The molecule has 0 bridgehead atoms. The third-order valence-corrected chi connectivity index (χ3v) is 9.37. The molecular weight excluding hydrogens is 616 g/mol. The minimum absolute atomic E-state index is 0.00745. The average molecular weight is 655 g/mol. The van der Waals surface area contributed by atoms with Gasteiger partial charge in [0.15, 0.2) is 5.58 Å². The van der Waals surface area contributed by atoms with Crippen LogP contribution in [-0.4, -0.2) is 94.2 Å². The molecule has 0 radical (unpaired) electrons. The minimum Gasteiger partial charge on any atom is -0.408 e. The standard InChI is InChI=1S/C34H38N8O6/c1-22-18-23(20-29-30(22)38-33(45)47-29)19-28(31(43)40-16-14-39(15-17-40)25-6-10-35-11-7-25)37-34(46)48-41-12-8-26(9-13-41)42-21-24-4-2-3-5-27(24)36-32(42)44/h2-7,10-11,18,20,26,28H,8-9,12-17,19,21H2,1H3,(H,36,44)(H,37,46)(H,38,45). The molecule has 1 atom stereocenters. The van der Waals surface area contributed by atoms with E-state index in [2.05, 4.69) is 25.5 Å². The summed E-state index contributed by atoms with van der Waals surface area (Å²) < 4.78 is 5.30. The molecule has 7 rings (SSSR count). The quantitative estimate of drug-likeness (QED) is 0.272. The number of hydrogen-bond acceptors (Lipinski definition) is 9. The van der Waals surface area contributed by atoms with Gasteiger partial charge in [-0.25, -0.2) is 14.4 Å². The van der Waals surface area contributed by atoms with Crippen molar-refractivity contribution in [2.45, 2.75) is 44.8 Å². The number of oxazole rings is 1. The molecule has 4 aromatic rings. The second kappa shape index (κ2) is 13.4. The number of para-hydroxylation sites is 1. The Labute approximate surface area is 276 Å². The number of aromatic nitrogens is 2. The molecule has 0 aliphatic carbocycles. The molecule has 3 aliphatic rings. The number of amides is 4. The Morgan fingerprint density at radius 1 is 1.02 bits per heavy atom. The van der Waals surface area contributed by atoms with Gasteiger partial charge in [-0.15, -0.1) is 5.06 Å². The van der Waals surface area contributed by atoms with Gasteiger partial charge in [-0.05, 0) is 60.7 Å². The number of piperidine rings is 1. The fourth-order valence-corrected chi connectivity index (χ4v) is 6.86. The van der Waals surface area contributed by atoms with Gasteiger partial charge in [0.05, 0.1) is 5.52 Å². The maximum atomic E-state index is 14.0. The van der Waals surface area contributed by atoms with Crippen molar-refractivity contribution in [3.05, 3.63) is 88.2 Å². The zero-order valence-corrected chi connectivity index (χ0v) is 26.7. The average Bonchev–Trinajstić information content (AvgIpc) is 3.49. The Hall–Kier alpha value is -5.37. The molecular formula is C34H38N8O6. The summed E-state index contributed by atoms with van der Waals surface area (Å²) in [5.74, 6) is -0.772. The van der Waals surface area contributed by atoms with Gasteiger partial charge in [-0.2, -0.15) is 0 Å². The molecule has 14 nitrogen and oxygen atoms in total. The fourth-order valence-electron chi connectivity index (χ4n) is 6.86. The van der Waals surface area contributed by atoms with Crippen molar-refractivity contribution >= 4 is 40.5 Å². The predicted molar refractivity (Wildman–Crippen MR) is 177 cm³/mol. The van der Waals surface area contributed by atoms with Crippen molar-refractivity contribution in [1.29, 1.82) is 0 Å². The van der Waals surface area contributed by atoms with Crippen molar-refractivity contribution in [3.8, 4) is 0 Å². The molecule has 5 heterocycles. The minimum atomic E-state index is -0.915. The van der Waals surface area contributed by atoms with Crippen molar-refractivity contribution in [3.63, 3.8) is 0 Å². The van der Waals surface area contributed by atoms with Crippen LogP contribution in [0, 0.1) is 6.92 Å². The molecule has 3 aliphatic heterocycles. The molecule has 4 amide bonds. The summed E-state index contributed by atoms with van der Waals surface area (Å²) >= 11 is 0. The highest BCUT2D eigenvalue weighted by Crippen LogP contribution is 2.28. The number of hydrogen-bond donors (Lipinski definition) is 3. The molecule has 250 valence electrons. The lowest BCUT2D eigenvalue weighted by atomic mass is 10.0. The number of pyridine rings is 1. The van der Waals surface area contributed by atoms with Gasteiger partial charge < -0.3 is 34.6 Å². The number of hydroxylamine groups is 2. The third-order valence-electron chi connectivity index (χ3n) is 9.37. The first-order valence-electron chi connectivity index (χ1n) is 16.3. The molecule has 2 aromatic carbocycles. The monoisotopic (exact) mass is 654 g/mol. The van der Waals surface area contributed by atoms with E-state index >= 15 is 0 Å². The Bertz CT molecular complexity index is 1860. The molecule has 0 saturated carbocycles. The van der Waals surface area contributed by atoms with Crippen molar-refractivity contribution in [1.82, 2.24) is 30.1 Å². The second-order valence-corrected chi connectivity index (χ2v) is 12.5. The Balaban J connectivity index is 0.998. The van der Waals surface area contributed by atoms with E-state index in [1.54, 1.807) is 28.4 Å². The van der Waals surface area contributed by atoms with Crippen LogP contribution in [0.5, 0.6) is 0 Å².